The van der Waals surface area contributed by atoms with Crippen molar-refractivity contribution in [2.75, 3.05) is 53.1 Å². The minimum absolute atomic E-state index is 0.0201. The van der Waals surface area contributed by atoms with Crippen LogP contribution in [0.15, 0.2) is 109 Å². The maximum Gasteiger partial charge on any atom is 0.246 e. The lowest BCUT2D eigenvalue weighted by molar-refractivity contribution is -0.145. The van der Waals surface area contributed by atoms with Gasteiger partial charge in [-0.15, -0.1) is 5.10 Å². The van der Waals surface area contributed by atoms with Gasteiger partial charge in [0, 0.05) is 75.4 Å². The molecule has 7 atom stereocenters. The molecule has 0 unspecified atom stereocenters. The van der Waals surface area contributed by atoms with Crippen molar-refractivity contribution in [2.45, 2.75) is 140 Å². The van der Waals surface area contributed by atoms with E-state index in [1.165, 1.54) is 19.1 Å². The first-order valence-corrected chi connectivity index (χ1v) is 32.3. The maximum atomic E-state index is 15.5. The highest BCUT2D eigenvalue weighted by Gasteiger charge is 2.47. The molecule has 26 nitrogen and oxygen atoms in total. The highest BCUT2D eigenvalue weighted by Crippen LogP contribution is 2.31. The average molecular weight is 1320 g/mol. The number of hydrogen-bond acceptors (Lipinski definition) is 15. The largest absolute Gasteiger partial charge is 0.497 e. The monoisotopic (exact) mass is 1320 g/mol. The third-order valence-electron chi connectivity index (χ3n) is 17.3. The third-order valence-corrected chi connectivity index (χ3v) is 17.3. The molecule has 6 aromatic rings. The molecule has 5 heterocycles. The molecule has 4 aromatic carbocycles. The summed E-state index contributed by atoms with van der Waals surface area (Å²) in [7, 11) is 1.55. The number of hydrogen-bond donors (Lipinski definition) is 9. The molecule has 0 radical (unpaired) electrons. The Bertz CT molecular complexity index is 3800. The lowest BCUT2D eigenvalue weighted by Gasteiger charge is -2.36. The number of methoxy groups -OCH3 is 1. The molecule has 0 aliphatic carbocycles. The van der Waals surface area contributed by atoms with Crippen LogP contribution >= 0.6 is 0 Å². The molecular weight excluding hydrogens is 1240 g/mol. The van der Waals surface area contributed by atoms with Crippen LogP contribution in [0.2, 0.25) is 0 Å². The number of benzene rings is 4. The average Bonchev–Trinajstić information content (AvgIpc) is 1.63. The van der Waals surface area contributed by atoms with Gasteiger partial charge in [0.1, 0.15) is 47.0 Å². The van der Waals surface area contributed by atoms with Gasteiger partial charge in [0.05, 0.1) is 65.0 Å². The molecule has 2 aromatic heterocycles. The summed E-state index contributed by atoms with van der Waals surface area (Å²) in [5.41, 5.74) is 4.91. The fourth-order valence-corrected chi connectivity index (χ4v) is 12.0. The van der Waals surface area contributed by atoms with Crippen molar-refractivity contribution in [1.29, 1.82) is 0 Å². The van der Waals surface area contributed by atoms with E-state index in [0.717, 1.165) is 27.8 Å². The summed E-state index contributed by atoms with van der Waals surface area (Å²) in [4.78, 5) is 125. The van der Waals surface area contributed by atoms with Crippen molar-refractivity contribution in [3.8, 4) is 5.75 Å². The van der Waals surface area contributed by atoms with Crippen molar-refractivity contribution < 1.29 is 66.9 Å². The number of aromatic nitrogens is 4. The molecule has 3 aliphatic rings. The normalized spacial score (nSPS) is 21.6. The highest BCUT2D eigenvalue weighted by atomic mass is 19.1. The van der Waals surface area contributed by atoms with E-state index in [1.54, 1.807) is 77.8 Å². The molecule has 3 aliphatic heterocycles. The summed E-state index contributed by atoms with van der Waals surface area (Å²) in [5, 5.41) is 41.7. The van der Waals surface area contributed by atoms with Gasteiger partial charge in [-0.3, -0.25) is 43.2 Å². The molecule has 510 valence electrons. The molecule has 8 bridgehead atoms. The number of nitrogens with zero attached hydrogens (tertiary/aromatic N) is 5. The molecular formula is C69H84FN13O13. The van der Waals surface area contributed by atoms with Gasteiger partial charge in [-0.25, -0.2) is 9.07 Å². The number of rotatable bonds is 13. The standard InChI is InChI=1S/C69H84FN13O13/c1-43(85)35-74-66(91)63-44(2)96-26-6-5-9-45-10-7-11-48(29-45)32-56-64(89)77-57(65(90)78-63)33-51-38-81(59-19-16-52(70)34-55(51)59)40-53-41-82(80-79-53)39-50-30-47(12-15-49(50)36-72-60(86)21-27-95-28-22-61(87)73-37-62(88)76-56)20-24-71-68(93)69(3)23-8-25-83(69)67(92)58(75-42-84)31-46-13-17-54(94-4)18-14-46/h5-7,10-19,29-30,34,38,41-44,56-58,63,85H,8-9,20-28,31-33,35-37,39-40H2,1-4H3,(H,71,93)(H,72,86)(H,73,87)(H,74,91)(H,75,84)(H,76,88)(H,77,89)(H,78,90)/b6-5+/t43-,44+,56+,57+,58+,63+,69+/m1/s1. The zero-order chi connectivity index (χ0) is 68.3. The summed E-state index contributed by atoms with van der Waals surface area (Å²) in [6.07, 6.45) is 7.24. The van der Waals surface area contributed by atoms with Crippen molar-refractivity contribution >= 4 is 64.6 Å². The van der Waals surface area contributed by atoms with E-state index in [2.05, 4.69) is 52.8 Å². The first-order valence-electron chi connectivity index (χ1n) is 32.3. The number of aliphatic hydroxyl groups excluding tert-OH is 1. The number of likely N-dealkylation sites (tertiary alicyclic amines) is 1. The van der Waals surface area contributed by atoms with E-state index in [4.69, 9.17) is 14.2 Å². The van der Waals surface area contributed by atoms with Crippen LogP contribution in [0.3, 0.4) is 0 Å². The van der Waals surface area contributed by atoms with E-state index in [0.29, 0.717) is 72.1 Å². The lowest BCUT2D eigenvalue weighted by atomic mass is 9.95. The van der Waals surface area contributed by atoms with Gasteiger partial charge in [0.15, 0.2) is 0 Å². The van der Waals surface area contributed by atoms with Crippen molar-refractivity contribution in [3.05, 3.63) is 160 Å². The second-order valence-corrected chi connectivity index (χ2v) is 24.6. The van der Waals surface area contributed by atoms with Crippen LogP contribution in [-0.4, -0.2) is 178 Å². The Labute approximate surface area is 555 Å². The molecule has 96 heavy (non-hydrogen) atoms. The predicted octanol–water partition coefficient (Wildman–Crippen LogP) is 1.67. The van der Waals surface area contributed by atoms with Crippen LogP contribution in [0.5, 0.6) is 5.75 Å². The summed E-state index contributed by atoms with van der Waals surface area (Å²) in [6.45, 7) is 5.02. The summed E-state index contributed by atoms with van der Waals surface area (Å²) < 4.78 is 35.9. The number of carbonyl (C=O) groups is 9. The fraction of sp³-hybridized carbons (Fsp3) is 0.435. The second-order valence-electron chi connectivity index (χ2n) is 24.6. The Morgan fingerprint density at radius 2 is 1.56 bits per heavy atom. The van der Waals surface area contributed by atoms with Crippen LogP contribution in [0, 0.1) is 5.82 Å². The Kier molecular flexibility index (Phi) is 24.6. The van der Waals surface area contributed by atoms with Gasteiger partial charge in [0.25, 0.3) is 0 Å². The van der Waals surface area contributed by atoms with E-state index < -0.39 is 83.8 Å². The molecule has 9 amide bonds. The predicted molar refractivity (Wildman–Crippen MR) is 350 cm³/mol. The van der Waals surface area contributed by atoms with Crippen LogP contribution < -0.4 is 47.3 Å². The van der Waals surface area contributed by atoms with Crippen LogP contribution in [0.1, 0.15) is 91.1 Å². The number of fused-ring (bicyclic) bond motifs is 13. The van der Waals surface area contributed by atoms with Gasteiger partial charge in [-0.2, -0.15) is 0 Å². The molecule has 9 N–H and O–H groups in total. The van der Waals surface area contributed by atoms with Crippen LogP contribution in [0.4, 0.5) is 4.39 Å². The first kappa shape index (κ1) is 70.5. The number of halogens is 1. The van der Waals surface area contributed by atoms with Crippen LogP contribution in [-0.2, 0) is 104 Å². The first-order chi connectivity index (χ1) is 46.2. The van der Waals surface area contributed by atoms with Gasteiger partial charge in [-0.1, -0.05) is 72.0 Å². The van der Waals surface area contributed by atoms with Crippen molar-refractivity contribution in [3.63, 3.8) is 0 Å². The highest BCUT2D eigenvalue weighted by molar-refractivity contribution is 5.97. The zero-order valence-electron chi connectivity index (χ0n) is 54.3. The number of amides is 9. The maximum absolute atomic E-state index is 15.5. The number of ether oxygens (including phenoxy) is 3. The fourth-order valence-electron chi connectivity index (χ4n) is 12.0. The number of aliphatic hydroxyl groups is 1. The smallest absolute Gasteiger partial charge is 0.246 e. The van der Waals surface area contributed by atoms with Crippen molar-refractivity contribution in [1.82, 2.24) is 67.0 Å². The summed E-state index contributed by atoms with van der Waals surface area (Å²) in [6, 6.07) is 19.4. The Balaban J connectivity index is 0.988. The Morgan fingerprint density at radius 3 is 2.32 bits per heavy atom. The third kappa shape index (κ3) is 19.2. The molecule has 0 spiro atoms. The van der Waals surface area contributed by atoms with E-state index >= 15 is 4.39 Å². The summed E-state index contributed by atoms with van der Waals surface area (Å²) in [5.74, 6) is -4.54. The Morgan fingerprint density at radius 1 is 0.823 bits per heavy atom. The molecule has 1 saturated heterocycles. The second kappa shape index (κ2) is 33.5. The number of allylic oxidation sites excluding steroid dienone is 1. The van der Waals surface area contributed by atoms with Gasteiger partial charge in [0.2, 0.25) is 53.7 Å². The summed E-state index contributed by atoms with van der Waals surface area (Å²) >= 11 is 0. The SMILES string of the molecule is COc1ccc(C[C@H](NC=O)C(=O)N2CCC[C@@]2(C)C(=O)NCCc2ccc3c(c2)Cn2cc(nn2)Cn2cc(c4cc(F)ccc42)C[C@@H]2NC(=O)[C@H](Cc4cccc(c4)C/C=C/CO[C@@H](C)[C@@H](C(=O)NC[C@@H](C)O)NC2=O)NC(=O)CNC(=O)CCOCCC(=O)NC3)cc1. The van der Waals surface area contributed by atoms with Crippen LogP contribution in [0.25, 0.3) is 10.9 Å². The lowest BCUT2D eigenvalue weighted by Crippen LogP contribution is -2.60. The minimum atomic E-state index is -1.49. The topological polar surface area (TPSA) is 337 Å². The molecule has 1 fully saturated rings. The minimum Gasteiger partial charge on any atom is -0.497 e. The quantitative estimate of drug-likeness (QED) is 0.0587. The van der Waals surface area contributed by atoms with Gasteiger partial charge < -0.3 is 71.3 Å². The number of carbonyl (C=O) groups excluding carboxylic acids is 9. The Hall–Kier alpha value is -9.86. The number of nitrogens with one attached hydrogen (secondary N) is 8. The van der Waals surface area contributed by atoms with Gasteiger partial charge >= 0.3 is 0 Å². The zero-order valence-corrected chi connectivity index (χ0v) is 54.3. The van der Waals surface area contributed by atoms with E-state index in [1.807, 2.05) is 54.6 Å². The molecule has 9 rings (SSSR count). The van der Waals surface area contributed by atoms with E-state index in [-0.39, 0.29) is 102 Å². The van der Waals surface area contributed by atoms with E-state index in [9.17, 15) is 48.3 Å². The van der Waals surface area contributed by atoms with Crippen molar-refractivity contribution in [2.24, 2.45) is 0 Å². The molecule has 0 saturated carbocycles. The van der Waals surface area contributed by atoms with Gasteiger partial charge in [-0.05, 0) is 116 Å². The molecule has 27 heteroatoms.